The van der Waals surface area contributed by atoms with E-state index in [2.05, 4.69) is 39.1 Å². The number of nitrogens with zero attached hydrogens (tertiary/aromatic N) is 6. The first-order chi connectivity index (χ1) is 15.8. The Hall–Kier alpha value is -2.06. The van der Waals surface area contributed by atoms with E-state index in [1.165, 1.54) is 48.0 Å². The van der Waals surface area contributed by atoms with Crippen molar-refractivity contribution in [1.82, 2.24) is 20.4 Å². The van der Waals surface area contributed by atoms with Crippen LogP contribution in [-0.2, 0) is 17.6 Å². The molecule has 0 radical (unpaired) electrons. The molecule has 5 rings (SSSR count). The summed E-state index contributed by atoms with van der Waals surface area (Å²) in [4.78, 5) is 11.2. The number of anilines is 2. The predicted octanol–water partition coefficient (Wildman–Crippen LogP) is 4.76. The molecule has 2 aliphatic rings. The molecule has 0 spiro atoms. The van der Waals surface area contributed by atoms with Gasteiger partial charge >= 0.3 is 0 Å². The number of pyridine rings is 1. The van der Waals surface area contributed by atoms with Crippen LogP contribution in [0, 0.1) is 0 Å². The molecule has 0 saturated carbocycles. The zero-order valence-electron chi connectivity index (χ0n) is 19.4. The first-order valence-corrected chi connectivity index (χ1v) is 13.2. The van der Waals surface area contributed by atoms with Gasteiger partial charge in [0.15, 0.2) is 5.82 Å². The zero-order valence-corrected chi connectivity index (χ0v) is 20.2. The quantitative estimate of drug-likeness (QED) is 0.486. The van der Waals surface area contributed by atoms with Gasteiger partial charge < -0.3 is 14.5 Å². The van der Waals surface area contributed by atoms with Crippen molar-refractivity contribution in [3.63, 3.8) is 0 Å². The van der Waals surface area contributed by atoms with Gasteiger partial charge in [0.1, 0.15) is 20.9 Å². The maximum Gasteiger partial charge on any atom is 0.172 e. The Morgan fingerprint density at radius 2 is 1.69 bits per heavy atom. The molecule has 0 unspecified atom stereocenters. The molecule has 172 valence electrons. The fraction of sp³-hybridized carbons (Fsp3) is 0.667. The summed E-state index contributed by atoms with van der Waals surface area (Å²) in [7, 11) is 0. The Kier molecular flexibility index (Phi) is 6.69. The molecular formula is C24H34N6OS. The first-order valence-electron chi connectivity index (χ1n) is 12.4. The summed E-state index contributed by atoms with van der Waals surface area (Å²) in [5.41, 5.74) is 3.89. The molecule has 8 heteroatoms. The summed E-state index contributed by atoms with van der Waals surface area (Å²) >= 11 is 1.76. The van der Waals surface area contributed by atoms with Gasteiger partial charge in [-0.05, 0) is 54.9 Å². The third kappa shape index (κ3) is 4.03. The molecular weight excluding hydrogens is 420 g/mol. The Labute approximate surface area is 194 Å². The molecule has 0 amide bonds. The van der Waals surface area contributed by atoms with Crippen molar-refractivity contribution in [1.29, 1.82) is 0 Å². The molecule has 3 aromatic heterocycles. The Balaban J connectivity index is 1.66. The lowest BCUT2D eigenvalue weighted by Crippen LogP contribution is -2.37. The number of thiophene rings is 1. The molecule has 0 bridgehead atoms. The van der Waals surface area contributed by atoms with Gasteiger partial charge in [0, 0.05) is 31.6 Å². The largest absolute Gasteiger partial charge is 0.378 e. The normalized spacial score (nSPS) is 16.6. The monoisotopic (exact) mass is 454 g/mol. The number of hydrogen-bond donors (Lipinski definition) is 0. The van der Waals surface area contributed by atoms with Gasteiger partial charge in [-0.2, -0.15) is 0 Å². The number of morpholine rings is 1. The van der Waals surface area contributed by atoms with Crippen molar-refractivity contribution in [3.05, 3.63) is 11.1 Å². The van der Waals surface area contributed by atoms with Gasteiger partial charge in [0.2, 0.25) is 0 Å². The second kappa shape index (κ2) is 9.83. The fourth-order valence-electron chi connectivity index (χ4n) is 5.02. The van der Waals surface area contributed by atoms with E-state index in [4.69, 9.17) is 9.72 Å². The van der Waals surface area contributed by atoms with Gasteiger partial charge in [0.25, 0.3) is 0 Å². The van der Waals surface area contributed by atoms with Crippen LogP contribution in [0.15, 0.2) is 0 Å². The highest BCUT2D eigenvalue weighted by Gasteiger charge is 2.27. The fourth-order valence-corrected chi connectivity index (χ4v) is 6.17. The molecule has 4 heterocycles. The molecule has 0 aromatic carbocycles. The van der Waals surface area contributed by atoms with Crippen LogP contribution >= 0.6 is 11.3 Å². The molecule has 1 aliphatic carbocycles. The zero-order chi connectivity index (χ0) is 21.9. The van der Waals surface area contributed by atoms with Crippen LogP contribution in [0.3, 0.4) is 0 Å². The van der Waals surface area contributed by atoms with Crippen molar-refractivity contribution in [2.24, 2.45) is 0 Å². The first kappa shape index (κ1) is 21.8. The van der Waals surface area contributed by atoms with E-state index >= 15 is 0 Å². The molecule has 1 aliphatic heterocycles. The van der Waals surface area contributed by atoms with Gasteiger partial charge in [-0.15, -0.1) is 21.5 Å². The third-order valence-corrected chi connectivity index (χ3v) is 7.84. The lowest BCUT2D eigenvalue weighted by Gasteiger charge is -2.31. The highest BCUT2D eigenvalue weighted by molar-refractivity contribution is 7.26. The van der Waals surface area contributed by atoms with Gasteiger partial charge in [-0.25, -0.2) is 4.98 Å². The van der Waals surface area contributed by atoms with Gasteiger partial charge in [-0.1, -0.05) is 26.7 Å². The second-order valence-electron chi connectivity index (χ2n) is 8.97. The molecule has 32 heavy (non-hydrogen) atoms. The van der Waals surface area contributed by atoms with Crippen molar-refractivity contribution >= 4 is 43.4 Å². The second-order valence-corrected chi connectivity index (χ2v) is 9.97. The number of fused-ring (bicyclic) bond motifs is 5. The molecule has 3 aromatic rings. The number of aromatic nitrogens is 4. The minimum Gasteiger partial charge on any atom is -0.378 e. The summed E-state index contributed by atoms with van der Waals surface area (Å²) in [6.07, 6.45) is 9.35. The molecule has 1 saturated heterocycles. The van der Waals surface area contributed by atoms with E-state index in [-0.39, 0.29) is 0 Å². The van der Waals surface area contributed by atoms with Crippen molar-refractivity contribution in [3.8, 4) is 0 Å². The van der Waals surface area contributed by atoms with Crippen molar-refractivity contribution in [2.45, 2.75) is 65.2 Å². The summed E-state index contributed by atoms with van der Waals surface area (Å²) in [6, 6.07) is 0. The maximum atomic E-state index is 5.61. The van der Waals surface area contributed by atoms with E-state index in [0.29, 0.717) is 0 Å². The number of aryl methyl sites for hydroxylation is 1. The van der Waals surface area contributed by atoms with E-state index in [0.717, 1.165) is 85.9 Å². The smallest absolute Gasteiger partial charge is 0.172 e. The minimum atomic E-state index is 0.782. The summed E-state index contributed by atoms with van der Waals surface area (Å²) in [5.74, 6) is 2.18. The van der Waals surface area contributed by atoms with Crippen molar-refractivity contribution < 1.29 is 4.74 Å². The molecule has 7 nitrogen and oxygen atoms in total. The average Bonchev–Trinajstić information content (AvgIpc) is 3.23. The van der Waals surface area contributed by atoms with Crippen LogP contribution in [0.5, 0.6) is 0 Å². The van der Waals surface area contributed by atoms with E-state index in [9.17, 15) is 0 Å². The van der Waals surface area contributed by atoms with E-state index in [1.807, 2.05) is 0 Å². The van der Waals surface area contributed by atoms with Gasteiger partial charge in [0.05, 0.1) is 13.2 Å². The van der Waals surface area contributed by atoms with Crippen LogP contribution in [-0.4, -0.2) is 59.8 Å². The number of ether oxygens (including phenoxy) is 1. The van der Waals surface area contributed by atoms with Crippen LogP contribution in [0.2, 0.25) is 0 Å². The lowest BCUT2D eigenvalue weighted by atomic mass is 9.90. The van der Waals surface area contributed by atoms with Crippen LogP contribution in [0.4, 0.5) is 11.6 Å². The number of unbranched alkanes of at least 4 members (excludes halogenated alkanes) is 2. The maximum absolute atomic E-state index is 5.61. The highest BCUT2D eigenvalue weighted by atomic mass is 32.1. The Bertz CT molecular complexity index is 1070. The Morgan fingerprint density at radius 3 is 2.41 bits per heavy atom. The standard InChI is InChI=1S/C24H34N6OS/c1-3-5-11-29(12-6-4-2)23-21-20(26-28-27-23)19-17-9-7-8-10-18(17)22(25-24(19)32-21)30-13-15-31-16-14-30/h3-16H2,1-2H3. The minimum absolute atomic E-state index is 0.782. The molecule has 0 atom stereocenters. The van der Waals surface area contributed by atoms with Crippen LogP contribution < -0.4 is 9.80 Å². The summed E-state index contributed by atoms with van der Waals surface area (Å²) in [5, 5.41) is 14.6. The average molecular weight is 455 g/mol. The third-order valence-electron chi connectivity index (χ3n) is 6.77. The molecule has 1 fully saturated rings. The molecule has 0 N–H and O–H groups in total. The van der Waals surface area contributed by atoms with E-state index < -0.39 is 0 Å². The van der Waals surface area contributed by atoms with Crippen molar-refractivity contribution in [2.75, 3.05) is 49.2 Å². The predicted molar refractivity (Wildman–Crippen MR) is 132 cm³/mol. The van der Waals surface area contributed by atoms with Gasteiger partial charge in [-0.3, -0.25) is 0 Å². The topological polar surface area (TPSA) is 67.3 Å². The Morgan fingerprint density at radius 1 is 0.969 bits per heavy atom. The van der Waals surface area contributed by atoms with Crippen LogP contribution in [0.25, 0.3) is 20.4 Å². The summed E-state index contributed by atoms with van der Waals surface area (Å²) < 4.78 is 6.76. The summed E-state index contributed by atoms with van der Waals surface area (Å²) in [6.45, 7) is 9.93. The number of hydrogen-bond acceptors (Lipinski definition) is 8. The highest BCUT2D eigenvalue weighted by Crippen LogP contribution is 2.43. The lowest BCUT2D eigenvalue weighted by molar-refractivity contribution is 0.122. The SMILES string of the molecule is CCCCN(CCCC)c1nnnc2c1sc1nc(N3CCOCC3)c3c(c12)CCCC3. The van der Waals surface area contributed by atoms with E-state index in [1.54, 1.807) is 11.3 Å². The van der Waals surface area contributed by atoms with Crippen LogP contribution in [0.1, 0.15) is 63.5 Å². The number of rotatable bonds is 8.